The molecular formula is C13H29NO5. The first-order valence-electron chi connectivity index (χ1n) is 7.00. The predicted molar refractivity (Wildman–Crippen MR) is 73.2 cm³/mol. The second-order valence-electron chi connectivity index (χ2n) is 4.16. The van der Waals surface area contributed by atoms with Gasteiger partial charge in [0.1, 0.15) is 0 Å². The monoisotopic (exact) mass is 279 g/mol. The summed E-state index contributed by atoms with van der Waals surface area (Å²) in [5, 5.41) is 9.11. The van der Waals surface area contributed by atoms with Crippen LogP contribution < -0.4 is 5.73 Å². The maximum atomic E-state index is 9.11. The molecule has 0 aromatic heterocycles. The third-order valence-corrected chi connectivity index (χ3v) is 2.34. The zero-order chi connectivity index (χ0) is 14.2. The van der Waals surface area contributed by atoms with Gasteiger partial charge in [-0.2, -0.15) is 0 Å². The Balaban J connectivity index is 2.95. The van der Waals surface area contributed by atoms with E-state index in [2.05, 4.69) is 6.92 Å². The van der Waals surface area contributed by atoms with Gasteiger partial charge in [-0.05, 0) is 6.42 Å². The molecule has 1 atom stereocenters. The first-order chi connectivity index (χ1) is 9.31. The number of aliphatic hydroxyl groups is 1. The van der Waals surface area contributed by atoms with Crippen LogP contribution in [0.15, 0.2) is 0 Å². The minimum atomic E-state index is -0.587. The van der Waals surface area contributed by atoms with Crippen LogP contribution in [-0.4, -0.2) is 70.6 Å². The van der Waals surface area contributed by atoms with Gasteiger partial charge >= 0.3 is 0 Å². The third-order valence-electron chi connectivity index (χ3n) is 2.34. The zero-order valence-electron chi connectivity index (χ0n) is 12.0. The highest BCUT2D eigenvalue weighted by Gasteiger charge is 1.99. The van der Waals surface area contributed by atoms with Crippen LogP contribution in [0.5, 0.6) is 0 Å². The summed E-state index contributed by atoms with van der Waals surface area (Å²) in [4.78, 5) is 0. The van der Waals surface area contributed by atoms with E-state index >= 15 is 0 Å². The van der Waals surface area contributed by atoms with Crippen LogP contribution in [0.4, 0.5) is 0 Å². The van der Waals surface area contributed by atoms with Gasteiger partial charge < -0.3 is 29.8 Å². The Kier molecular flexibility index (Phi) is 15.6. The Labute approximate surface area is 116 Å². The lowest BCUT2D eigenvalue weighted by Crippen LogP contribution is -2.26. The van der Waals surface area contributed by atoms with E-state index in [9.17, 15) is 0 Å². The average Bonchev–Trinajstić information content (AvgIpc) is 2.43. The van der Waals surface area contributed by atoms with Crippen molar-refractivity contribution in [2.24, 2.45) is 5.73 Å². The average molecular weight is 279 g/mol. The van der Waals surface area contributed by atoms with Crippen molar-refractivity contribution in [2.45, 2.75) is 25.9 Å². The number of hydrogen-bond acceptors (Lipinski definition) is 6. The molecule has 116 valence electrons. The molecule has 0 spiro atoms. The summed E-state index contributed by atoms with van der Waals surface area (Å²) in [6.45, 7) is 6.71. The van der Waals surface area contributed by atoms with E-state index in [1.165, 1.54) is 0 Å². The molecular weight excluding hydrogens is 250 g/mol. The second kappa shape index (κ2) is 15.8. The molecule has 0 amide bonds. The van der Waals surface area contributed by atoms with Gasteiger partial charge in [0, 0.05) is 13.2 Å². The van der Waals surface area contributed by atoms with Crippen LogP contribution >= 0.6 is 0 Å². The quantitative estimate of drug-likeness (QED) is 0.416. The SMILES string of the molecule is CCCCOCCOCCOCCOCC(O)CN. The Morgan fingerprint density at radius 2 is 1.32 bits per heavy atom. The molecule has 6 nitrogen and oxygen atoms in total. The summed E-state index contributed by atoms with van der Waals surface area (Å²) in [5.74, 6) is 0. The van der Waals surface area contributed by atoms with E-state index in [1.54, 1.807) is 0 Å². The molecule has 6 heteroatoms. The Bertz CT molecular complexity index is 171. The molecule has 0 aliphatic heterocycles. The van der Waals surface area contributed by atoms with Gasteiger partial charge in [0.2, 0.25) is 0 Å². The van der Waals surface area contributed by atoms with Crippen molar-refractivity contribution in [3.63, 3.8) is 0 Å². The summed E-state index contributed by atoms with van der Waals surface area (Å²) >= 11 is 0. The first kappa shape index (κ1) is 18.8. The van der Waals surface area contributed by atoms with E-state index < -0.39 is 6.10 Å². The fourth-order valence-corrected chi connectivity index (χ4v) is 1.19. The third kappa shape index (κ3) is 15.7. The van der Waals surface area contributed by atoms with Crippen molar-refractivity contribution in [1.29, 1.82) is 0 Å². The van der Waals surface area contributed by atoms with Crippen molar-refractivity contribution in [3.05, 3.63) is 0 Å². The van der Waals surface area contributed by atoms with Gasteiger partial charge in [-0.1, -0.05) is 13.3 Å². The Morgan fingerprint density at radius 1 is 0.842 bits per heavy atom. The number of unbranched alkanes of at least 4 members (excludes halogenated alkanes) is 1. The first-order valence-corrected chi connectivity index (χ1v) is 7.00. The fourth-order valence-electron chi connectivity index (χ4n) is 1.19. The molecule has 0 rings (SSSR count). The van der Waals surface area contributed by atoms with Gasteiger partial charge in [-0.15, -0.1) is 0 Å². The van der Waals surface area contributed by atoms with Crippen LogP contribution in [0.1, 0.15) is 19.8 Å². The molecule has 1 unspecified atom stereocenters. The van der Waals surface area contributed by atoms with Crippen LogP contribution in [-0.2, 0) is 18.9 Å². The van der Waals surface area contributed by atoms with Gasteiger partial charge in [-0.3, -0.25) is 0 Å². The van der Waals surface area contributed by atoms with Gasteiger partial charge in [-0.25, -0.2) is 0 Å². The lowest BCUT2D eigenvalue weighted by molar-refractivity contribution is -0.0154. The molecule has 0 saturated heterocycles. The number of aliphatic hydroxyl groups excluding tert-OH is 1. The summed E-state index contributed by atoms with van der Waals surface area (Å²) in [5.41, 5.74) is 5.23. The Hall–Kier alpha value is -0.240. The number of rotatable bonds is 15. The highest BCUT2D eigenvalue weighted by molar-refractivity contribution is 4.51. The van der Waals surface area contributed by atoms with Gasteiger partial charge in [0.05, 0.1) is 52.4 Å². The zero-order valence-corrected chi connectivity index (χ0v) is 12.0. The summed E-state index contributed by atoms with van der Waals surface area (Å²) in [6.07, 6.45) is 1.66. The van der Waals surface area contributed by atoms with Crippen molar-refractivity contribution in [3.8, 4) is 0 Å². The van der Waals surface area contributed by atoms with E-state index in [1.807, 2.05) is 0 Å². The number of ether oxygens (including phenoxy) is 4. The normalized spacial score (nSPS) is 12.8. The van der Waals surface area contributed by atoms with E-state index in [0.717, 1.165) is 19.4 Å². The van der Waals surface area contributed by atoms with Crippen LogP contribution in [0.2, 0.25) is 0 Å². The minimum Gasteiger partial charge on any atom is -0.389 e. The summed E-state index contributed by atoms with van der Waals surface area (Å²) in [6, 6.07) is 0. The largest absolute Gasteiger partial charge is 0.389 e. The summed E-state index contributed by atoms with van der Waals surface area (Å²) < 4.78 is 21.1. The Morgan fingerprint density at radius 3 is 1.79 bits per heavy atom. The maximum Gasteiger partial charge on any atom is 0.0895 e. The predicted octanol–water partition coefficient (Wildman–Crippen LogP) is 0.173. The molecule has 0 radical (unpaired) electrons. The molecule has 0 heterocycles. The van der Waals surface area contributed by atoms with E-state index in [4.69, 9.17) is 29.8 Å². The fraction of sp³-hybridized carbons (Fsp3) is 1.00. The van der Waals surface area contributed by atoms with Crippen molar-refractivity contribution < 1.29 is 24.1 Å². The van der Waals surface area contributed by atoms with E-state index in [0.29, 0.717) is 39.6 Å². The number of hydrogen-bond donors (Lipinski definition) is 2. The van der Waals surface area contributed by atoms with Crippen molar-refractivity contribution in [2.75, 3.05) is 59.4 Å². The molecule has 19 heavy (non-hydrogen) atoms. The van der Waals surface area contributed by atoms with Crippen LogP contribution in [0.25, 0.3) is 0 Å². The molecule has 0 fully saturated rings. The molecule has 0 saturated carbocycles. The van der Waals surface area contributed by atoms with Crippen LogP contribution in [0.3, 0.4) is 0 Å². The molecule has 0 aromatic carbocycles. The maximum absolute atomic E-state index is 9.11. The molecule has 0 aliphatic rings. The highest BCUT2D eigenvalue weighted by atomic mass is 16.6. The van der Waals surface area contributed by atoms with Crippen molar-refractivity contribution in [1.82, 2.24) is 0 Å². The summed E-state index contributed by atoms with van der Waals surface area (Å²) in [7, 11) is 0. The molecule has 3 N–H and O–H groups in total. The van der Waals surface area contributed by atoms with Crippen molar-refractivity contribution >= 4 is 0 Å². The molecule has 0 aliphatic carbocycles. The lowest BCUT2D eigenvalue weighted by Gasteiger charge is -2.09. The molecule has 0 bridgehead atoms. The lowest BCUT2D eigenvalue weighted by atomic mass is 10.4. The standard InChI is InChI=1S/C13H29NO5/c1-2-3-4-16-5-6-17-7-8-18-9-10-19-12-13(15)11-14/h13,15H,2-12,14H2,1H3. The highest BCUT2D eigenvalue weighted by Crippen LogP contribution is 1.88. The van der Waals surface area contributed by atoms with E-state index in [-0.39, 0.29) is 13.2 Å². The topological polar surface area (TPSA) is 83.2 Å². The minimum absolute atomic E-state index is 0.217. The second-order valence-corrected chi connectivity index (χ2v) is 4.16. The van der Waals surface area contributed by atoms with Gasteiger partial charge in [0.25, 0.3) is 0 Å². The number of nitrogens with two attached hydrogens (primary N) is 1. The van der Waals surface area contributed by atoms with Gasteiger partial charge in [0.15, 0.2) is 0 Å². The molecule has 0 aromatic rings. The smallest absolute Gasteiger partial charge is 0.0895 e. The van der Waals surface area contributed by atoms with Crippen LogP contribution in [0, 0.1) is 0 Å².